The van der Waals surface area contributed by atoms with Crippen LogP contribution < -0.4 is 10.1 Å². The van der Waals surface area contributed by atoms with E-state index < -0.39 is 0 Å². The maximum Gasteiger partial charge on any atom is 0.256 e. The number of amides is 1. The highest BCUT2D eigenvalue weighted by molar-refractivity contribution is 6.31. The van der Waals surface area contributed by atoms with Crippen molar-refractivity contribution < 1.29 is 9.53 Å². The molecule has 5 rings (SSSR count). The number of hydrogen-bond donors (Lipinski definition) is 1. The Morgan fingerprint density at radius 2 is 1.86 bits per heavy atom. The van der Waals surface area contributed by atoms with Crippen molar-refractivity contribution in [1.82, 2.24) is 15.0 Å². The number of anilines is 1. The third-order valence-corrected chi connectivity index (χ3v) is 5.86. The van der Waals surface area contributed by atoms with Crippen LogP contribution in [0.1, 0.15) is 27.2 Å². The molecule has 1 aliphatic carbocycles. The number of aromatic nitrogens is 3. The second kappa shape index (κ2) is 9.91. The SMILES string of the molecule is COc1cccc(C2=CCc3c(nc(-c4cccnc4)nc3NC(=O)c3cccc(Cl)c3)C=C2)c1. The molecule has 0 radical (unpaired) electrons. The van der Waals surface area contributed by atoms with E-state index in [4.69, 9.17) is 26.3 Å². The van der Waals surface area contributed by atoms with Crippen molar-refractivity contribution in [3.63, 3.8) is 0 Å². The van der Waals surface area contributed by atoms with Crippen LogP contribution in [0, 0.1) is 0 Å². The second-order valence-corrected chi connectivity index (χ2v) is 8.33. The van der Waals surface area contributed by atoms with E-state index >= 15 is 0 Å². The molecule has 2 aromatic heterocycles. The molecule has 0 aliphatic heterocycles. The van der Waals surface area contributed by atoms with Crippen molar-refractivity contribution in [2.45, 2.75) is 6.42 Å². The minimum absolute atomic E-state index is 0.296. The van der Waals surface area contributed by atoms with Crippen LogP contribution >= 0.6 is 11.6 Å². The van der Waals surface area contributed by atoms with E-state index in [1.54, 1.807) is 43.8 Å². The normalized spacial score (nSPS) is 12.3. The number of methoxy groups -OCH3 is 1. The van der Waals surface area contributed by atoms with Crippen molar-refractivity contribution >= 4 is 35.0 Å². The number of pyridine rings is 1. The lowest BCUT2D eigenvalue weighted by Gasteiger charge is -2.13. The fourth-order valence-corrected chi connectivity index (χ4v) is 4.03. The van der Waals surface area contributed by atoms with Crippen LogP contribution in [0.4, 0.5) is 5.82 Å². The lowest BCUT2D eigenvalue weighted by Crippen LogP contribution is -2.16. The number of hydrogen-bond acceptors (Lipinski definition) is 5. The zero-order valence-corrected chi connectivity index (χ0v) is 19.7. The number of carbonyl (C=O) groups excluding carboxylic acids is 1. The van der Waals surface area contributed by atoms with Gasteiger partial charge in [-0.05, 0) is 66.1 Å². The number of ether oxygens (including phenoxy) is 1. The van der Waals surface area contributed by atoms with Gasteiger partial charge in [-0.1, -0.05) is 42.0 Å². The van der Waals surface area contributed by atoms with E-state index in [1.165, 1.54) is 0 Å². The molecule has 172 valence electrons. The summed E-state index contributed by atoms with van der Waals surface area (Å²) in [5.74, 6) is 1.42. The number of rotatable bonds is 5. The van der Waals surface area contributed by atoms with Crippen LogP contribution in [0.15, 0.2) is 85.2 Å². The van der Waals surface area contributed by atoms with Crippen LogP contribution in [0.5, 0.6) is 5.75 Å². The number of benzene rings is 2. The van der Waals surface area contributed by atoms with Crippen LogP contribution in [0.2, 0.25) is 5.02 Å². The summed E-state index contributed by atoms with van der Waals surface area (Å²) < 4.78 is 5.38. The Hall–Kier alpha value is -4.29. The van der Waals surface area contributed by atoms with E-state index in [2.05, 4.69) is 16.4 Å². The summed E-state index contributed by atoms with van der Waals surface area (Å²) in [4.78, 5) is 26.7. The van der Waals surface area contributed by atoms with Gasteiger partial charge < -0.3 is 10.1 Å². The minimum atomic E-state index is -0.296. The number of allylic oxidation sites excluding steroid dienone is 3. The highest BCUT2D eigenvalue weighted by atomic mass is 35.5. The van der Waals surface area contributed by atoms with Crippen molar-refractivity contribution in [1.29, 1.82) is 0 Å². The van der Waals surface area contributed by atoms with Gasteiger partial charge in [0.15, 0.2) is 5.82 Å². The first-order valence-electron chi connectivity index (χ1n) is 11.0. The monoisotopic (exact) mass is 480 g/mol. The summed E-state index contributed by atoms with van der Waals surface area (Å²) in [6.07, 6.45) is 9.99. The fourth-order valence-electron chi connectivity index (χ4n) is 3.84. The van der Waals surface area contributed by atoms with Crippen LogP contribution in [0.3, 0.4) is 0 Å². The summed E-state index contributed by atoms with van der Waals surface area (Å²) in [7, 11) is 1.65. The van der Waals surface area contributed by atoms with Gasteiger partial charge in [0.25, 0.3) is 5.91 Å². The smallest absolute Gasteiger partial charge is 0.256 e. The Kier molecular flexibility index (Phi) is 6.37. The van der Waals surface area contributed by atoms with E-state index in [0.717, 1.165) is 33.7 Å². The Labute approximate surface area is 208 Å². The lowest BCUT2D eigenvalue weighted by atomic mass is 10.0. The van der Waals surface area contributed by atoms with Crippen molar-refractivity contribution in [3.05, 3.63) is 113 Å². The van der Waals surface area contributed by atoms with Gasteiger partial charge in [-0.2, -0.15) is 0 Å². The molecule has 0 fully saturated rings. The molecular weight excluding hydrogens is 460 g/mol. The first kappa shape index (κ1) is 22.5. The zero-order chi connectivity index (χ0) is 24.2. The van der Waals surface area contributed by atoms with Gasteiger partial charge in [0.05, 0.1) is 12.8 Å². The molecule has 0 saturated carbocycles. The Bertz CT molecular complexity index is 1470. The molecule has 1 amide bonds. The summed E-state index contributed by atoms with van der Waals surface area (Å²) in [6.45, 7) is 0. The molecule has 6 nitrogen and oxygen atoms in total. The van der Waals surface area contributed by atoms with Crippen LogP contribution in [-0.2, 0) is 6.42 Å². The summed E-state index contributed by atoms with van der Waals surface area (Å²) in [6, 6.07) is 18.4. The minimum Gasteiger partial charge on any atom is -0.497 e. The number of nitrogens with zero attached hydrogens (tertiary/aromatic N) is 3. The highest BCUT2D eigenvalue weighted by Crippen LogP contribution is 2.30. The maximum absolute atomic E-state index is 13.1. The summed E-state index contributed by atoms with van der Waals surface area (Å²) in [5, 5.41) is 3.46. The van der Waals surface area contributed by atoms with Crippen molar-refractivity contribution in [3.8, 4) is 17.1 Å². The molecule has 0 bridgehead atoms. The lowest BCUT2D eigenvalue weighted by molar-refractivity contribution is 0.102. The van der Waals surface area contributed by atoms with E-state index in [9.17, 15) is 4.79 Å². The van der Waals surface area contributed by atoms with Crippen LogP contribution in [-0.4, -0.2) is 28.0 Å². The number of nitrogens with one attached hydrogen (secondary N) is 1. The van der Waals surface area contributed by atoms with E-state index in [1.807, 2.05) is 48.6 Å². The van der Waals surface area contributed by atoms with E-state index in [-0.39, 0.29) is 5.91 Å². The number of halogens is 1. The second-order valence-electron chi connectivity index (χ2n) is 7.89. The molecule has 2 heterocycles. The Balaban J connectivity index is 1.57. The van der Waals surface area contributed by atoms with Gasteiger partial charge in [-0.3, -0.25) is 9.78 Å². The highest BCUT2D eigenvalue weighted by Gasteiger charge is 2.18. The molecule has 0 atom stereocenters. The predicted molar refractivity (Wildman–Crippen MR) is 138 cm³/mol. The topological polar surface area (TPSA) is 77.0 Å². The standard InChI is InChI=1S/C28H21ClN4O2/c1-35-23-9-3-5-19(16-23)18-10-12-24-25(13-11-18)31-26(21-7-4-14-30-17-21)32-27(24)33-28(34)20-6-2-8-22(29)15-20/h2-11,13-17H,12H2,1H3,(H,31,32,33,34). The van der Waals surface area contributed by atoms with Gasteiger partial charge in [0.2, 0.25) is 0 Å². The molecule has 7 heteroatoms. The summed E-state index contributed by atoms with van der Waals surface area (Å²) >= 11 is 6.09. The number of carbonyl (C=O) groups is 1. The molecule has 0 saturated heterocycles. The quantitative estimate of drug-likeness (QED) is 0.373. The van der Waals surface area contributed by atoms with Crippen LogP contribution in [0.25, 0.3) is 23.0 Å². The third-order valence-electron chi connectivity index (χ3n) is 5.63. The average molecular weight is 481 g/mol. The van der Waals surface area contributed by atoms with Gasteiger partial charge in [-0.15, -0.1) is 0 Å². The third kappa shape index (κ3) is 4.98. The summed E-state index contributed by atoms with van der Waals surface area (Å²) in [5.41, 5.74) is 4.81. The van der Waals surface area contributed by atoms with Gasteiger partial charge in [0, 0.05) is 34.1 Å². The molecule has 1 aliphatic rings. The predicted octanol–water partition coefficient (Wildman–Crippen LogP) is 6.11. The first-order valence-corrected chi connectivity index (χ1v) is 11.4. The largest absolute Gasteiger partial charge is 0.497 e. The van der Waals surface area contributed by atoms with Gasteiger partial charge >= 0.3 is 0 Å². The first-order chi connectivity index (χ1) is 17.1. The number of fused-ring (bicyclic) bond motifs is 1. The van der Waals surface area contributed by atoms with Crippen molar-refractivity contribution in [2.24, 2.45) is 0 Å². The Morgan fingerprint density at radius 3 is 2.66 bits per heavy atom. The molecule has 35 heavy (non-hydrogen) atoms. The molecule has 2 aromatic carbocycles. The molecule has 0 unspecified atom stereocenters. The van der Waals surface area contributed by atoms with Gasteiger partial charge in [0.1, 0.15) is 11.6 Å². The van der Waals surface area contributed by atoms with E-state index in [0.29, 0.717) is 28.6 Å². The molecule has 0 spiro atoms. The van der Waals surface area contributed by atoms with Crippen molar-refractivity contribution in [2.75, 3.05) is 12.4 Å². The molecular formula is C28H21ClN4O2. The molecule has 4 aromatic rings. The maximum atomic E-state index is 13.1. The molecule has 1 N–H and O–H groups in total. The Morgan fingerprint density at radius 1 is 1.00 bits per heavy atom. The average Bonchev–Trinajstić information content (AvgIpc) is 3.12. The van der Waals surface area contributed by atoms with Gasteiger partial charge in [-0.25, -0.2) is 9.97 Å². The zero-order valence-electron chi connectivity index (χ0n) is 18.9. The fraction of sp³-hybridized carbons (Fsp3) is 0.0714.